The van der Waals surface area contributed by atoms with Crippen molar-refractivity contribution in [1.82, 2.24) is 10.2 Å². The monoisotopic (exact) mass is 313 g/mol. The first-order valence-corrected chi connectivity index (χ1v) is 6.74. The third kappa shape index (κ3) is 3.92. The van der Waals surface area contributed by atoms with Crippen LogP contribution in [0.5, 0.6) is 0 Å². The van der Waals surface area contributed by atoms with E-state index in [2.05, 4.69) is 5.32 Å². The highest BCUT2D eigenvalue weighted by Gasteiger charge is 2.28. The van der Waals surface area contributed by atoms with Crippen LogP contribution < -0.4 is 5.32 Å². The highest BCUT2D eigenvalue weighted by molar-refractivity contribution is 5.98. The Morgan fingerprint density at radius 3 is 2.81 bits per heavy atom. The number of nitrogens with zero attached hydrogens (tertiary/aromatic N) is 2. The van der Waals surface area contributed by atoms with E-state index in [1.807, 2.05) is 14.0 Å². The summed E-state index contributed by atoms with van der Waals surface area (Å²) in [7, 11) is 1.87. The number of halogens is 1. The molecule has 6 nitrogen and oxygen atoms in total. The molecule has 1 N–H and O–H groups in total. The van der Waals surface area contributed by atoms with Gasteiger partial charge in [-0.3, -0.25) is 14.9 Å². The number of carbonyl (C=O) groups excluding carboxylic acids is 1. The Bertz CT molecular complexity index is 536. The number of likely N-dealkylation sites (tertiary alicyclic amines) is 1. The second-order valence-corrected chi connectivity index (χ2v) is 5.16. The normalized spacial score (nSPS) is 18.0. The number of amides is 1. The van der Waals surface area contributed by atoms with Crippen molar-refractivity contribution in [3.05, 3.63) is 39.4 Å². The van der Waals surface area contributed by atoms with Crippen LogP contribution in [0.1, 0.15) is 28.8 Å². The molecule has 116 valence electrons. The highest BCUT2D eigenvalue weighted by atomic mass is 35.5. The minimum absolute atomic E-state index is 0. The van der Waals surface area contributed by atoms with Gasteiger partial charge >= 0.3 is 0 Å². The largest absolute Gasteiger partial charge is 0.337 e. The summed E-state index contributed by atoms with van der Waals surface area (Å²) in [4.78, 5) is 24.8. The van der Waals surface area contributed by atoms with Gasteiger partial charge in [-0.1, -0.05) is 6.07 Å². The van der Waals surface area contributed by atoms with E-state index in [1.165, 1.54) is 6.07 Å². The molecule has 0 bridgehead atoms. The van der Waals surface area contributed by atoms with Crippen LogP contribution in [0.15, 0.2) is 18.2 Å². The Hall–Kier alpha value is -1.66. The van der Waals surface area contributed by atoms with Gasteiger partial charge in [0.05, 0.1) is 4.92 Å². The fourth-order valence-corrected chi connectivity index (χ4v) is 2.55. The van der Waals surface area contributed by atoms with Crippen molar-refractivity contribution >= 4 is 24.0 Å². The molecular weight excluding hydrogens is 294 g/mol. The van der Waals surface area contributed by atoms with Crippen LogP contribution >= 0.6 is 12.4 Å². The van der Waals surface area contributed by atoms with E-state index in [0.29, 0.717) is 13.1 Å². The molecule has 2 rings (SSSR count). The van der Waals surface area contributed by atoms with Crippen molar-refractivity contribution in [2.24, 2.45) is 0 Å². The van der Waals surface area contributed by atoms with E-state index < -0.39 is 4.92 Å². The molecule has 1 aromatic rings. The van der Waals surface area contributed by atoms with Gasteiger partial charge in [-0.15, -0.1) is 12.4 Å². The summed E-state index contributed by atoms with van der Waals surface area (Å²) in [6, 6.07) is 4.92. The lowest BCUT2D eigenvalue weighted by Gasteiger charge is -2.32. The first kappa shape index (κ1) is 17.4. The van der Waals surface area contributed by atoms with Crippen LogP contribution in [0.4, 0.5) is 5.69 Å². The number of carbonyl (C=O) groups is 1. The van der Waals surface area contributed by atoms with E-state index in [1.54, 1.807) is 17.0 Å². The summed E-state index contributed by atoms with van der Waals surface area (Å²) in [6.45, 7) is 3.08. The number of hydrogen-bond acceptors (Lipinski definition) is 4. The number of hydrogen-bond donors (Lipinski definition) is 1. The van der Waals surface area contributed by atoms with E-state index in [0.717, 1.165) is 18.4 Å². The summed E-state index contributed by atoms with van der Waals surface area (Å²) in [5.41, 5.74) is 0.917. The minimum Gasteiger partial charge on any atom is -0.337 e. The fraction of sp³-hybridized carbons (Fsp3) is 0.500. The van der Waals surface area contributed by atoms with Crippen molar-refractivity contribution in [1.29, 1.82) is 0 Å². The quantitative estimate of drug-likeness (QED) is 0.685. The Morgan fingerprint density at radius 1 is 1.48 bits per heavy atom. The van der Waals surface area contributed by atoms with Gasteiger partial charge in [0.1, 0.15) is 5.56 Å². The number of benzene rings is 1. The van der Waals surface area contributed by atoms with Crippen molar-refractivity contribution in [2.75, 3.05) is 20.1 Å². The van der Waals surface area contributed by atoms with Crippen molar-refractivity contribution in [3.63, 3.8) is 0 Å². The Kier molecular flexibility index (Phi) is 6.11. The van der Waals surface area contributed by atoms with Gasteiger partial charge in [0, 0.05) is 25.2 Å². The molecule has 0 spiro atoms. The second-order valence-electron chi connectivity index (χ2n) is 5.16. The van der Waals surface area contributed by atoms with Gasteiger partial charge in [0.2, 0.25) is 0 Å². The molecule has 1 amide bonds. The molecule has 0 radical (unpaired) electrons. The molecule has 21 heavy (non-hydrogen) atoms. The molecule has 1 aromatic carbocycles. The van der Waals surface area contributed by atoms with Crippen molar-refractivity contribution in [3.8, 4) is 0 Å². The number of nitro benzene ring substituents is 1. The zero-order valence-electron chi connectivity index (χ0n) is 12.2. The summed E-state index contributed by atoms with van der Waals surface area (Å²) in [6.07, 6.45) is 1.94. The molecule has 1 saturated heterocycles. The number of aryl methyl sites for hydroxylation is 1. The summed E-state index contributed by atoms with van der Waals surface area (Å²) < 4.78 is 0. The molecule has 1 atom stereocenters. The Morgan fingerprint density at radius 2 is 2.19 bits per heavy atom. The maximum atomic E-state index is 12.5. The standard InChI is InChI=1S/C14H19N3O3.ClH/c1-10-5-6-13(17(19)20)12(8-10)14(18)16-7-3-4-11(9-16)15-2;/h5-6,8,11,15H,3-4,7,9H2,1-2H3;1H. The Balaban J connectivity index is 0.00000220. The van der Waals surface area contributed by atoms with Crippen molar-refractivity contribution < 1.29 is 9.72 Å². The highest BCUT2D eigenvalue weighted by Crippen LogP contribution is 2.23. The van der Waals surface area contributed by atoms with Crippen LogP contribution in [-0.4, -0.2) is 41.9 Å². The lowest BCUT2D eigenvalue weighted by atomic mass is 10.0. The topological polar surface area (TPSA) is 75.5 Å². The summed E-state index contributed by atoms with van der Waals surface area (Å²) in [5, 5.41) is 14.2. The number of nitro groups is 1. The van der Waals surface area contributed by atoms with Crippen LogP contribution in [0, 0.1) is 17.0 Å². The predicted molar refractivity (Wildman–Crippen MR) is 83.1 cm³/mol. The maximum absolute atomic E-state index is 12.5. The maximum Gasteiger partial charge on any atom is 0.282 e. The SMILES string of the molecule is CNC1CCCN(C(=O)c2cc(C)ccc2[N+](=O)[O-])C1.Cl. The molecule has 1 heterocycles. The average Bonchev–Trinajstić information content (AvgIpc) is 2.46. The molecular formula is C14H20ClN3O3. The third-order valence-electron chi connectivity index (χ3n) is 3.70. The van der Waals surface area contributed by atoms with Crippen LogP contribution in [0.25, 0.3) is 0 Å². The Labute approximate surface area is 130 Å². The van der Waals surface area contributed by atoms with Gasteiger partial charge in [0.25, 0.3) is 11.6 Å². The molecule has 1 unspecified atom stereocenters. The average molecular weight is 314 g/mol. The number of likely N-dealkylation sites (N-methyl/N-ethyl adjacent to an activating group) is 1. The van der Waals surface area contributed by atoms with Gasteiger partial charge in [0.15, 0.2) is 0 Å². The molecule has 1 aliphatic rings. The molecule has 7 heteroatoms. The molecule has 0 saturated carbocycles. The van der Waals surface area contributed by atoms with E-state index in [4.69, 9.17) is 0 Å². The number of rotatable bonds is 3. The first-order chi connectivity index (χ1) is 9.52. The minimum atomic E-state index is -0.494. The van der Waals surface area contributed by atoms with Crippen LogP contribution in [-0.2, 0) is 0 Å². The van der Waals surface area contributed by atoms with Crippen molar-refractivity contribution in [2.45, 2.75) is 25.8 Å². The summed E-state index contributed by atoms with van der Waals surface area (Å²) in [5.74, 6) is -0.250. The van der Waals surface area contributed by atoms with Gasteiger partial charge < -0.3 is 10.2 Å². The van der Waals surface area contributed by atoms with Gasteiger partial charge in [-0.25, -0.2) is 0 Å². The molecule has 1 fully saturated rings. The van der Waals surface area contributed by atoms with Crippen LogP contribution in [0.2, 0.25) is 0 Å². The van der Waals surface area contributed by atoms with E-state index in [-0.39, 0.29) is 35.6 Å². The first-order valence-electron chi connectivity index (χ1n) is 6.74. The van der Waals surface area contributed by atoms with Crippen LogP contribution in [0.3, 0.4) is 0 Å². The lowest BCUT2D eigenvalue weighted by Crippen LogP contribution is -2.47. The predicted octanol–water partition coefficient (Wildman–Crippen LogP) is 2.15. The second kappa shape index (κ2) is 7.38. The number of nitrogens with one attached hydrogen (secondary N) is 1. The van der Waals surface area contributed by atoms with Gasteiger partial charge in [-0.2, -0.15) is 0 Å². The fourth-order valence-electron chi connectivity index (χ4n) is 2.55. The molecule has 0 aliphatic carbocycles. The molecule has 0 aromatic heterocycles. The van der Waals surface area contributed by atoms with E-state index in [9.17, 15) is 14.9 Å². The van der Waals surface area contributed by atoms with E-state index >= 15 is 0 Å². The lowest BCUT2D eigenvalue weighted by molar-refractivity contribution is -0.385. The smallest absolute Gasteiger partial charge is 0.282 e. The third-order valence-corrected chi connectivity index (χ3v) is 3.70. The van der Waals surface area contributed by atoms with Gasteiger partial charge in [-0.05, 0) is 38.4 Å². The zero-order valence-corrected chi connectivity index (χ0v) is 13.0. The zero-order chi connectivity index (χ0) is 14.7. The molecule has 1 aliphatic heterocycles. The summed E-state index contributed by atoms with van der Waals surface area (Å²) >= 11 is 0. The number of piperidine rings is 1.